The highest BCUT2D eigenvalue weighted by Crippen LogP contribution is 2.31. The van der Waals surface area contributed by atoms with E-state index >= 15 is 0 Å². The lowest BCUT2D eigenvalue weighted by molar-refractivity contribution is -0.143. The van der Waals surface area contributed by atoms with Gasteiger partial charge in [-0.05, 0) is 37.0 Å². The molecule has 22 heavy (non-hydrogen) atoms. The number of hydrogen-bond donors (Lipinski definition) is 0. The summed E-state index contributed by atoms with van der Waals surface area (Å²) in [5.74, 6) is -0.963. The number of carbonyl (C=O) groups excluding carboxylic acids is 3. The van der Waals surface area contributed by atoms with E-state index in [0.717, 1.165) is 5.56 Å². The van der Waals surface area contributed by atoms with E-state index in [1.54, 1.807) is 13.0 Å². The van der Waals surface area contributed by atoms with Crippen LogP contribution < -0.4 is 4.90 Å². The van der Waals surface area contributed by atoms with Crippen molar-refractivity contribution in [2.75, 3.05) is 18.1 Å². The molecule has 0 fully saturated rings. The van der Waals surface area contributed by atoms with E-state index in [9.17, 15) is 14.4 Å². The summed E-state index contributed by atoms with van der Waals surface area (Å²) in [4.78, 5) is 37.0. The van der Waals surface area contributed by atoms with Gasteiger partial charge < -0.3 is 9.64 Å². The van der Waals surface area contributed by atoms with Crippen molar-refractivity contribution in [3.05, 3.63) is 29.3 Å². The van der Waals surface area contributed by atoms with E-state index in [1.807, 2.05) is 26.0 Å². The highest BCUT2D eigenvalue weighted by atomic mass is 16.5. The fourth-order valence-electron chi connectivity index (χ4n) is 2.51. The number of fused-ring (bicyclic) bond motifs is 1. The van der Waals surface area contributed by atoms with Crippen LogP contribution in [0.5, 0.6) is 0 Å². The second-order valence-electron chi connectivity index (χ2n) is 5.63. The van der Waals surface area contributed by atoms with E-state index in [0.29, 0.717) is 36.7 Å². The summed E-state index contributed by atoms with van der Waals surface area (Å²) in [7, 11) is 0. The van der Waals surface area contributed by atoms with Crippen molar-refractivity contribution >= 4 is 23.3 Å². The van der Waals surface area contributed by atoms with Crippen molar-refractivity contribution in [3.63, 3.8) is 0 Å². The predicted octanol–water partition coefficient (Wildman–Crippen LogP) is 2.68. The summed E-state index contributed by atoms with van der Waals surface area (Å²) < 4.78 is 4.86. The Bertz CT molecular complexity index is 607. The number of ether oxygens (including phenoxy) is 1. The topological polar surface area (TPSA) is 63.7 Å². The monoisotopic (exact) mass is 303 g/mol. The summed E-state index contributed by atoms with van der Waals surface area (Å²) in [6, 6.07) is 5.55. The standard InChI is InChI=1S/C17H21NO4/c1-4-22-15(19)6-5-9-18-14-8-7-12(11(2)3)10-13(14)16(20)17(18)21/h7-8,10-11H,4-6,9H2,1-3H3. The molecule has 0 radical (unpaired) electrons. The lowest BCUT2D eigenvalue weighted by Gasteiger charge is -2.16. The van der Waals surface area contributed by atoms with Crippen LogP contribution in [-0.4, -0.2) is 30.8 Å². The number of amides is 1. The average molecular weight is 303 g/mol. The van der Waals surface area contributed by atoms with Gasteiger partial charge in [0.15, 0.2) is 0 Å². The third-order valence-electron chi connectivity index (χ3n) is 3.73. The number of Topliss-reactive ketones (excluding diaryl/α,β-unsaturated/α-hetero) is 1. The molecule has 0 saturated carbocycles. The molecule has 0 bridgehead atoms. The molecule has 118 valence electrons. The Morgan fingerprint density at radius 1 is 1.27 bits per heavy atom. The second kappa shape index (κ2) is 6.73. The zero-order chi connectivity index (χ0) is 16.3. The first kappa shape index (κ1) is 16.2. The molecule has 0 atom stereocenters. The van der Waals surface area contributed by atoms with Gasteiger partial charge >= 0.3 is 5.97 Å². The summed E-state index contributed by atoms with van der Waals surface area (Å²) in [5.41, 5.74) is 2.14. The van der Waals surface area contributed by atoms with E-state index in [-0.39, 0.29) is 12.4 Å². The fraction of sp³-hybridized carbons (Fsp3) is 0.471. The molecule has 1 aromatic carbocycles. The maximum Gasteiger partial charge on any atom is 0.305 e. The summed E-state index contributed by atoms with van der Waals surface area (Å²) >= 11 is 0. The van der Waals surface area contributed by atoms with Crippen molar-refractivity contribution in [1.29, 1.82) is 0 Å². The van der Waals surface area contributed by atoms with Crippen LogP contribution in [0.1, 0.15) is 55.5 Å². The quantitative estimate of drug-likeness (QED) is 0.599. The summed E-state index contributed by atoms with van der Waals surface area (Å²) in [6.07, 6.45) is 0.717. The average Bonchev–Trinajstić information content (AvgIpc) is 2.72. The Balaban J connectivity index is 2.10. The van der Waals surface area contributed by atoms with Crippen LogP contribution >= 0.6 is 0 Å². The Morgan fingerprint density at radius 2 is 2.00 bits per heavy atom. The second-order valence-corrected chi connectivity index (χ2v) is 5.63. The first-order chi connectivity index (χ1) is 10.5. The molecule has 5 heteroatoms. The zero-order valence-electron chi connectivity index (χ0n) is 13.2. The third-order valence-corrected chi connectivity index (χ3v) is 3.73. The van der Waals surface area contributed by atoms with Crippen LogP contribution in [0.25, 0.3) is 0 Å². The van der Waals surface area contributed by atoms with Crippen molar-refractivity contribution in [3.8, 4) is 0 Å². The molecule has 0 aromatic heterocycles. The molecule has 1 aliphatic rings. The Morgan fingerprint density at radius 3 is 2.64 bits per heavy atom. The first-order valence-electron chi connectivity index (χ1n) is 7.61. The van der Waals surface area contributed by atoms with Gasteiger partial charge in [0.1, 0.15) is 0 Å². The Labute approximate surface area is 130 Å². The van der Waals surface area contributed by atoms with E-state index in [2.05, 4.69) is 0 Å². The lowest BCUT2D eigenvalue weighted by atomic mass is 9.99. The molecule has 0 spiro atoms. The van der Waals surface area contributed by atoms with Gasteiger partial charge in [0.2, 0.25) is 0 Å². The van der Waals surface area contributed by atoms with Crippen LogP contribution in [0, 0.1) is 0 Å². The molecular formula is C17H21NO4. The largest absolute Gasteiger partial charge is 0.466 e. The van der Waals surface area contributed by atoms with Gasteiger partial charge in [0.05, 0.1) is 17.9 Å². The number of ketones is 1. The molecule has 0 aliphatic carbocycles. The molecule has 1 amide bonds. The molecule has 1 heterocycles. The van der Waals surface area contributed by atoms with Gasteiger partial charge in [0.25, 0.3) is 11.7 Å². The van der Waals surface area contributed by atoms with E-state index in [4.69, 9.17) is 4.74 Å². The zero-order valence-corrected chi connectivity index (χ0v) is 13.2. The smallest absolute Gasteiger partial charge is 0.305 e. The van der Waals surface area contributed by atoms with Crippen molar-refractivity contribution < 1.29 is 19.1 Å². The maximum atomic E-state index is 12.1. The SMILES string of the molecule is CCOC(=O)CCCN1C(=O)C(=O)c2cc(C(C)C)ccc21. The van der Waals surface area contributed by atoms with Gasteiger partial charge in [-0.15, -0.1) is 0 Å². The van der Waals surface area contributed by atoms with Crippen LogP contribution in [0.2, 0.25) is 0 Å². The van der Waals surface area contributed by atoms with Crippen LogP contribution in [0.15, 0.2) is 18.2 Å². The summed E-state index contributed by atoms with van der Waals surface area (Å²) in [5, 5.41) is 0. The van der Waals surface area contributed by atoms with E-state index in [1.165, 1.54) is 4.90 Å². The van der Waals surface area contributed by atoms with Gasteiger partial charge in [-0.2, -0.15) is 0 Å². The molecule has 0 unspecified atom stereocenters. The van der Waals surface area contributed by atoms with E-state index < -0.39 is 11.7 Å². The molecule has 0 N–H and O–H groups in total. The number of hydrogen-bond acceptors (Lipinski definition) is 4. The molecule has 2 rings (SSSR count). The highest BCUT2D eigenvalue weighted by molar-refractivity contribution is 6.52. The first-order valence-corrected chi connectivity index (χ1v) is 7.61. The minimum Gasteiger partial charge on any atom is -0.466 e. The molecular weight excluding hydrogens is 282 g/mol. The van der Waals surface area contributed by atoms with Gasteiger partial charge in [-0.1, -0.05) is 19.9 Å². The predicted molar refractivity (Wildman–Crippen MR) is 83.1 cm³/mol. The number of esters is 1. The maximum absolute atomic E-state index is 12.1. The van der Waals surface area contributed by atoms with Crippen molar-refractivity contribution in [1.82, 2.24) is 0 Å². The lowest BCUT2D eigenvalue weighted by Crippen LogP contribution is -2.31. The number of anilines is 1. The minimum absolute atomic E-state index is 0.241. The van der Waals surface area contributed by atoms with Crippen LogP contribution in [0.4, 0.5) is 5.69 Å². The Hall–Kier alpha value is -2.17. The normalized spacial score (nSPS) is 13.7. The molecule has 1 aliphatic heterocycles. The third kappa shape index (κ3) is 3.18. The number of rotatable bonds is 6. The molecule has 0 saturated heterocycles. The number of carbonyl (C=O) groups is 3. The Kier molecular flexibility index (Phi) is 4.96. The van der Waals surface area contributed by atoms with Crippen LogP contribution in [-0.2, 0) is 14.3 Å². The number of benzene rings is 1. The highest BCUT2D eigenvalue weighted by Gasteiger charge is 2.35. The van der Waals surface area contributed by atoms with Gasteiger partial charge in [-0.3, -0.25) is 14.4 Å². The van der Waals surface area contributed by atoms with Crippen molar-refractivity contribution in [2.24, 2.45) is 0 Å². The van der Waals surface area contributed by atoms with Crippen LogP contribution in [0.3, 0.4) is 0 Å². The summed E-state index contributed by atoms with van der Waals surface area (Å²) in [6.45, 7) is 6.53. The van der Waals surface area contributed by atoms with Gasteiger partial charge in [0, 0.05) is 13.0 Å². The van der Waals surface area contributed by atoms with Gasteiger partial charge in [-0.25, -0.2) is 0 Å². The number of nitrogens with zero attached hydrogens (tertiary/aromatic N) is 1. The molecule has 5 nitrogen and oxygen atoms in total. The fourth-order valence-corrected chi connectivity index (χ4v) is 2.51. The molecule has 1 aromatic rings. The van der Waals surface area contributed by atoms with Crippen molar-refractivity contribution in [2.45, 2.75) is 39.5 Å². The minimum atomic E-state index is -0.514.